The molecule has 3 atom stereocenters. The van der Waals surface area contributed by atoms with E-state index in [1.807, 2.05) is 13.8 Å². The van der Waals surface area contributed by atoms with Crippen LogP contribution in [0.5, 0.6) is 0 Å². The Balaban J connectivity index is 1.68. The molecule has 3 rings (SSSR count). The van der Waals surface area contributed by atoms with Gasteiger partial charge in [0.2, 0.25) is 0 Å². The minimum Gasteiger partial charge on any atom is -0.461 e. The first-order valence-corrected chi connectivity index (χ1v) is 7.14. The van der Waals surface area contributed by atoms with Gasteiger partial charge in [0.25, 0.3) is 0 Å². The Bertz CT molecular complexity index is 490. The van der Waals surface area contributed by atoms with Crippen molar-refractivity contribution in [2.24, 2.45) is 0 Å². The molecule has 3 heterocycles. The molecule has 1 aromatic rings. The van der Waals surface area contributed by atoms with Crippen molar-refractivity contribution in [3.8, 4) is 0 Å². The minimum atomic E-state index is -0.177. The van der Waals surface area contributed by atoms with Gasteiger partial charge in [-0.2, -0.15) is 5.10 Å². The number of ether oxygens (including phenoxy) is 2. The lowest BCUT2D eigenvalue weighted by molar-refractivity contribution is -0.147. The van der Waals surface area contributed by atoms with Crippen LogP contribution in [0.4, 0.5) is 0 Å². The lowest BCUT2D eigenvalue weighted by Gasteiger charge is -2.33. The fraction of sp³-hybridized carbons (Fsp3) is 0.769. The van der Waals surface area contributed by atoms with Crippen molar-refractivity contribution in [3.05, 3.63) is 11.6 Å². The maximum absolute atomic E-state index is 11.8. The number of hydrogen-bond donors (Lipinski definition) is 1. The Kier molecular flexibility index (Phi) is 3.71. The average Bonchev–Trinajstić information content (AvgIpc) is 3.05. The second kappa shape index (κ2) is 5.49. The van der Waals surface area contributed by atoms with Crippen molar-refractivity contribution in [2.75, 3.05) is 19.7 Å². The second-order valence-electron chi connectivity index (χ2n) is 5.35. The lowest BCUT2D eigenvalue weighted by Crippen LogP contribution is -2.46. The molecule has 1 aromatic heterocycles. The van der Waals surface area contributed by atoms with Crippen molar-refractivity contribution in [3.63, 3.8) is 0 Å². The quantitative estimate of drug-likeness (QED) is 0.809. The van der Waals surface area contributed by atoms with E-state index in [2.05, 4.69) is 20.1 Å². The van der Waals surface area contributed by atoms with Crippen LogP contribution in [-0.2, 0) is 20.7 Å². The number of H-pyrrole nitrogens is 1. The van der Waals surface area contributed by atoms with E-state index >= 15 is 0 Å². The number of aryl methyl sites for hydroxylation is 1. The Labute approximate surface area is 117 Å². The number of aromatic amines is 1. The first kappa shape index (κ1) is 13.5. The largest absolute Gasteiger partial charge is 0.461 e. The fourth-order valence-corrected chi connectivity index (χ4v) is 2.75. The van der Waals surface area contributed by atoms with Crippen LogP contribution in [0.2, 0.25) is 0 Å². The zero-order chi connectivity index (χ0) is 14.1. The van der Waals surface area contributed by atoms with E-state index in [0.717, 1.165) is 25.2 Å². The average molecular weight is 280 g/mol. The molecule has 2 saturated heterocycles. The lowest BCUT2D eigenvalue weighted by atomic mass is 10.1. The number of cyclic esters (lactones) is 1. The summed E-state index contributed by atoms with van der Waals surface area (Å²) in [5.74, 6) is 1.41. The van der Waals surface area contributed by atoms with Gasteiger partial charge in [0, 0.05) is 25.9 Å². The summed E-state index contributed by atoms with van der Waals surface area (Å²) in [5, 5.41) is 7.10. The third-order valence-corrected chi connectivity index (χ3v) is 3.86. The molecule has 2 fully saturated rings. The zero-order valence-electron chi connectivity index (χ0n) is 11.8. The van der Waals surface area contributed by atoms with Crippen LogP contribution in [-0.4, -0.2) is 57.9 Å². The van der Waals surface area contributed by atoms with Gasteiger partial charge < -0.3 is 9.47 Å². The third-order valence-electron chi connectivity index (χ3n) is 3.86. The number of esters is 1. The van der Waals surface area contributed by atoms with Crippen LogP contribution in [0.15, 0.2) is 0 Å². The molecule has 0 aromatic carbocycles. The summed E-state index contributed by atoms with van der Waals surface area (Å²) in [6.45, 7) is 5.91. The van der Waals surface area contributed by atoms with Crippen molar-refractivity contribution >= 4 is 5.97 Å². The normalized spacial score (nSPS) is 31.5. The third kappa shape index (κ3) is 2.55. The van der Waals surface area contributed by atoms with Crippen LogP contribution in [0.1, 0.15) is 38.0 Å². The van der Waals surface area contributed by atoms with Gasteiger partial charge >= 0.3 is 5.97 Å². The molecule has 2 aliphatic rings. The number of carbonyl (C=O) groups is 1. The Morgan fingerprint density at radius 3 is 3.00 bits per heavy atom. The molecule has 0 aliphatic carbocycles. The van der Waals surface area contributed by atoms with Gasteiger partial charge in [-0.1, -0.05) is 6.92 Å². The molecule has 20 heavy (non-hydrogen) atoms. The molecule has 0 bridgehead atoms. The van der Waals surface area contributed by atoms with Crippen LogP contribution in [0.25, 0.3) is 0 Å². The number of aromatic nitrogens is 3. The summed E-state index contributed by atoms with van der Waals surface area (Å²) in [5.41, 5.74) is 0. The van der Waals surface area contributed by atoms with Gasteiger partial charge in [-0.3, -0.25) is 14.8 Å². The van der Waals surface area contributed by atoms with Crippen LogP contribution < -0.4 is 0 Å². The number of hydrogen-bond acceptors (Lipinski definition) is 6. The SMILES string of the molecule is CCc1nc([C@@H]2CN([C@@H]3C[C@H](C)OC3=O)CCO2)n[nH]1. The highest BCUT2D eigenvalue weighted by molar-refractivity contribution is 5.78. The molecule has 0 spiro atoms. The van der Waals surface area contributed by atoms with E-state index in [0.29, 0.717) is 19.0 Å². The van der Waals surface area contributed by atoms with Gasteiger partial charge in [-0.05, 0) is 6.92 Å². The summed E-state index contributed by atoms with van der Waals surface area (Å²) in [4.78, 5) is 18.4. The van der Waals surface area contributed by atoms with Crippen molar-refractivity contribution in [1.29, 1.82) is 0 Å². The predicted molar refractivity (Wildman–Crippen MR) is 70.0 cm³/mol. The van der Waals surface area contributed by atoms with Crippen molar-refractivity contribution in [1.82, 2.24) is 20.1 Å². The van der Waals surface area contributed by atoms with E-state index in [9.17, 15) is 4.79 Å². The van der Waals surface area contributed by atoms with Gasteiger partial charge in [-0.15, -0.1) is 0 Å². The first-order chi connectivity index (χ1) is 9.67. The van der Waals surface area contributed by atoms with Gasteiger partial charge in [0.05, 0.1) is 6.61 Å². The molecular weight excluding hydrogens is 260 g/mol. The van der Waals surface area contributed by atoms with Gasteiger partial charge in [0.15, 0.2) is 5.82 Å². The minimum absolute atomic E-state index is 0.00370. The maximum atomic E-state index is 11.8. The standard InChI is InChI=1S/C13H20N4O3/c1-3-11-14-12(16-15-11)10-7-17(4-5-19-10)9-6-8(2)20-13(9)18/h8-10H,3-7H2,1-2H3,(H,14,15,16)/t8-,9+,10-/m0/s1. The molecule has 0 radical (unpaired) electrons. The number of rotatable bonds is 3. The summed E-state index contributed by atoms with van der Waals surface area (Å²) < 4.78 is 11.0. The highest BCUT2D eigenvalue weighted by Gasteiger charge is 2.39. The smallest absolute Gasteiger partial charge is 0.323 e. The summed E-state index contributed by atoms with van der Waals surface area (Å²) >= 11 is 0. The monoisotopic (exact) mass is 280 g/mol. The van der Waals surface area contributed by atoms with Gasteiger partial charge in [-0.25, -0.2) is 4.98 Å². The summed E-state index contributed by atoms with van der Waals surface area (Å²) in [6, 6.07) is -0.152. The highest BCUT2D eigenvalue weighted by Crippen LogP contribution is 2.26. The molecule has 2 aliphatic heterocycles. The van der Waals surface area contributed by atoms with E-state index in [1.54, 1.807) is 0 Å². The van der Waals surface area contributed by atoms with E-state index < -0.39 is 0 Å². The van der Waals surface area contributed by atoms with E-state index in [-0.39, 0.29) is 24.2 Å². The summed E-state index contributed by atoms with van der Waals surface area (Å²) in [6.07, 6.45) is 1.39. The van der Waals surface area contributed by atoms with Crippen molar-refractivity contribution in [2.45, 2.75) is 44.9 Å². The van der Waals surface area contributed by atoms with E-state index in [4.69, 9.17) is 9.47 Å². The highest BCUT2D eigenvalue weighted by atomic mass is 16.6. The second-order valence-corrected chi connectivity index (χ2v) is 5.35. The fourth-order valence-electron chi connectivity index (χ4n) is 2.75. The Morgan fingerprint density at radius 1 is 1.50 bits per heavy atom. The molecule has 7 heteroatoms. The van der Waals surface area contributed by atoms with Crippen LogP contribution >= 0.6 is 0 Å². The number of nitrogens with one attached hydrogen (secondary N) is 1. The number of carbonyl (C=O) groups excluding carboxylic acids is 1. The predicted octanol–water partition coefficient (Wildman–Crippen LogP) is 0.444. The Morgan fingerprint density at radius 2 is 2.35 bits per heavy atom. The molecular formula is C13H20N4O3. The molecule has 110 valence electrons. The van der Waals surface area contributed by atoms with Gasteiger partial charge in [0.1, 0.15) is 24.1 Å². The molecule has 0 saturated carbocycles. The summed E-state index contributed by atoms with van der Waals surface area (Å²) in [7, 11) is 0. The maximum Gasteiger partial charge on any atom is 0.323 e. The van der Waals surface area contributed by atoms with Crippen molar-refractivity contribution < 1.29 is 14.3 Å². The zero-order valence-corrected chi connectivity index (χ0v) is 11.8. The molecule has 0 amide bonds. The molecule has 0 unspecified atom stereocenters. The number of morpholine rings is 1. The Hall–Kier alpha value is -1.47. The number of nitrogens with zero attached hydrogens (tertiary/aromatic N) is 3. The first-order valence-electron chi connectivity index (χ1n) is 7.14. The topological polar surface area (TPSA) is 80.3 Å². The van der Waals surface area contributed by atoms with Crippen LogP contribution in [0, 0.1) is 0 Å². The molecule has 7 nitrogen and oxygen atoms in total. The van der Waals surface area contributed by atoms with Crippen LogP contribution in [0.3, 0.4) is 0 Å². The van der Waals surface area contributed by atoms with E-state index in [1.165, 1.54) is 0 Å². The molecule has 1 N–H and O–H groups in total.